The van der Waals surface area contributed by atoms with E-state index in [0.29, 0.717) is 29.8 Å². The SMILES string of the molecule is COC(=O)CCc1ccc(-n2ncn(-c3ccc(C(=N)N)cc3)c2=O)cc1.Cl. The molecule has 2 aromatic carbocycles. The highest BCUT2D eigenvalue weighted by atomic mass is 35.5. The highest BCUT2D eigenvalue weighted by Crippen LogP contribution is 2.11. The molecule has 1 heterocycles. The summed E-state index contributed by atoms with van der Waals surface area (Å²) in [6, 6.07) is 14.0. The van der Waals surface area contributed by atoms with Crippen LogP contribution < -0.4 is 11.4 Å². The number of ether oxygens (including phenoxy) is 1. The molecule has 0 unspecified atom stereocenters. The fourth-order valence-corrected chi connectivity index (χ4v) is 2.61. The molecule has 0 bridgehead atoms. The topological polar surface area (TPSA) is 116 Å². The Morgan fingerprint density at radius 2 is 1.71 bits per heavy atom. The number of nitrogen functional groups attached to an aromatic ring is 1. The number of hydrogen-bond acceptors (Lipinski definition) is 5. The number of hydrogen-bond donors (Lipinski definition) is 2. The third-order valence-corrected chi connectivity index (χ3v) is 4.15. The van der Waals surface area contributed by atoms with E-state index < -0.39 is 0 Å². The van der Waals surface area contributed by atoms with Crippen molar-refractivity contribution in [3.8, 4) is 11.4 Å². The van der Waals surface area contributed by atoms with Crippen molar-refractivity contribution in [3.05, 3.63) is 76.5 Å². The zero-order chi connectivity index (χ0) is 19.4. The van der Waals surface area contributed by atoms with E-state index in [1.165, 1.54) is 22.7 Å². The second-order valence-electron chi connectivity index (χ2n) is 5.90. The van der Waals surface area contributed by atoms with E-state index in [4.69, 9.17) is 11.1 Å². The van der Waals surface area contributed by atoms with Crippen molar-refractivity contribution in [2.24, 2.45) is 5.73 Å². The van der Waals surface area contributed by atoms with Gasteiger partial charge in [-0.1, -0.05) is 12.1 Å². The fourth-order valence-electron chi connectivity index (χ4n) is 2.61. The van der Waals surface area contributed by atoms with Gasteiger partial charge in [-0.25, -0.2) is 9.36 Å². The van der Waals surface area contributed by atoms with E-state index in [0.717, 1.165) is 5.56 Å². The van der Waals surface area contributed by atoms with E-state index in [1.807, 2.05) is 12.1 Å². The summed E-state index contributed by atoms with van der Waals surface area (Å²) in [5.74, 6) is -0.290. The summed E-state index contributed by atoms with van der Waals surface area (Å²) in [5, 5.41) is 11.6. The third-order valence-electron chi connectivity index (χ3n) is 4.15. The predicted octanol–water partition coefficient (Wildman–Crippen LogP) is 1.83. The van der Waals surface area contributed by atoms with Gasteiger partial charge >= 0.3 is 11.7 Å². The van der Waals surface area contributed by atoms with Gasteiger partial charge in [-0.15, -0.1) is 12.4 Å². The summed E-state index contributed by atoms with van der Waals surface area (Å²) in [4.78, 5) is 23.9. The number of rotatable bonds is 6. The molecule has 28 heavy (non-hydrogen) atoms. The lowest BCUT2D eigenvalue weighted by molar-refractivity contribution is -0.140. The van der Waals surface area contributed by atoms with Crippen molar-refractivity contribution in [2.45, 2.75) is 12.8 Å². The Kier molecular flexibility index (Phi) is 6.73. The van der Waals surface area contributed by atoms with Crippen molar-refractivity contribution in [1.82, 2.24) is 14.3 Å². The fraction of sp³-hybridized carbons (Fsp3) is 0.158. The molecule has 0 radical (unpaired) electrons. The number of methoxy groups -OCH3 is 1. The van der Waals surface area contributed by atoms with Gasteiger partial charge in [-0.3, -0.25) is 10.2 Å². The van der Waals surface area contributed by atoms with Gasteiger partial charge in [0.25, 0.3) is 0 Å². The lowest BCUT2D eigenvalue weighted by Crippen LogP contribution is -2.22. The lowest BCUT2D eigenvalue weighted by atomic mass is 10.1. The van der Waals surface area contributed by atoms with Crippen molar-refractivity contribution in [1.29, 1.82) is 5.41 Å². The number of halogens is 1. The molecule has 146 valence electrons. The zero-order valence-corrected chi connectivity index (χ0v) is 16.0. The van der Waals surface area contributed by atoms with Gasteiger partial charge in [0.05, 0.1) is 18.5 Å². The van der Waals surface area contributed by atoms with Crippen LogP contribution in [0.4, 0.5) is 0 Å². The van der Waals surface area contributed by atoms with Gasteiger partial charge in [-0.05, 0) is 48.4 Å². The van der Waals surface area contributed by atoms with Crippen LogP contribution in [0.2, 0.25) is 0 Å². The Labute approximate surface area is 167 Å². The van der Waals surface area contributed by atoms with E-state index >= 15 is 0 Å². The molecule has 3 N–H and O–H groups in total. The number of aromatic nitrogens is 3. The number of nitrogens with one attached hydrogen (secondary N) is 1. The summed E-state index contributed by atoms with van der Waals surface area (Å²) in [7, 11) is 1.36. The van der Waals surface area contributed by atoms with Gasteiger partial charge in [0.15, 0.2) is 0 Å². The third kappa shape index (κ3) is 4.47. The first-order valence-electron chi connectivity index (χ1n) is 8.27. The summed E-state index contributed by atoms with van der Waals surface area (Å²) >= 11 is 0. The van der Waals surface area contributed by atoms with E-state index in [-0.39, 0.29) is 29.9 Å². The second kappa shape index (κ2) is 9.01. The zero-order valence-electron chi connectivity index (χ0n) is 15.2. The summed E-state index contributed by atoms with van der Waals surface area (Å²) < 4.78 is 7.34. The second-order valence-corrected chi connectivity index (χ2v) is 5.90. The van der Waals surface area contributed by atoms with Crippen LogP contribution in [-0.4, -0.2) is 33.3 Å². The summed E-state index contributed by atoms with van der Waals surface area (Å²) in [5.41, 5.74) is 7.94. The molecule has 0 amide bonds. The summed E-state index contributed by atoms with van der Waals surface area (Å²) in [6.45, 7) is 0. The van der Waals surface area contributed by atoms with E-state index in [9.17, 15) is 9.59 Å². The number of benzene rings is 2. The highest BCUT2D eigenvalue weighted by molar-refractivity contribution is 5.95. The normalized spacial score (nSPS) is 10.2. The van der Waals surface area contributed by atoms with Crippen molar-refractivity contribution >= 4 is 24.2 Å². The van der Waals surface area contributed by atoms with Crippen LogP contribution in [0.1, 0.15) is 17.5 Å². The molecule has 9 heteroatoms. The van der Waals surface area contributed by atoms with Crippen LogP contribution in [0.5, 0.6) is 0 Å². The molecule has 0 saturated heterocycles. The molecule has 1 aromatic heterocycles. The van der Waals surface area contributed by atoms with E-state index in [2.05, 4.69) is 9.84 Å². The minimum Gasteiger partial charge on any atom is -0.469 e. The Morgan fingerprint density at radius 1 is 1.11 bits per heavy atom. The van der Waals surface area contributed by atoms with Crippen molar-refractivity contribution in [2.75, 3.05) is 7.11 Å². The number of esters is 1. The molecular formula is C19H20ClN5O3. The Bertz CT molecular complexity index is 1020. The predicted molar refractivity (Wildman–Crippen MR) is 108 cm³/mol. The minimum atomic E-state index is -0.312. The van der Waals surface area contributed by atoms with Crippen LogP contribution in [0.25, 0.3) is 11.4 Å². The molecule has 0 aliphatic carbocycles. The maximum Gasteiger partial charge on any atom is 0.355 e. The quantitative estimate of drug-likeness (QED) is 0.371. The smallest absolute Gasteiger partial charge is 0.355 e. The lowest BCUT2D eigenvalue weighted by Gasteiger charge is -2.04. The Hall–Kier alpha value is -3.39. The summed E-state index contributed by atoms with van der Waals surface area (Å²) in [6.07, 6.45) is 2.32. The molecule has 3 rings (SSSR count). The number of carbonyl (C=O) groups excluding carboxylic acids is 1. The Balaban J connectivity index is 0.00000280. The number of nitrogens with two attached hydrogens (primary N) is 1. The molecule has 0 aliphatic rings. The largest absolute Gasteiger partial charge is 0.469 e. The molecular weight excluding hydrogens is 382 g/mol. The van der Waals surface area contributed by atoms with Gasteiger partial charge in [0, 0.05) is 12.0 Å². The minimum absolute atomic E-state index is 0. The van der Waals surface area contributed by atoms with Crippen LogP contribution >= 0.6 is 12.4 Å². The monoisotopic (exact) mass is 401 g/mol. The van der Waals surface area contributed by atoms with Gasteiger partial charge in [0.1, 0.15) is 12.2 Å². The Morgan fingerprint density at radius 3 is 2.29 bits per heavy atom. The van der Waals surface area contributed by atoms with Gasteiger partial charge in [0.2, 0.25) is 0 Å². The first-order chi connectivity index (χ1) is 13.0. The van der Waals surface area contributed by atoms with Gasteiger partial charge in [-0.2, -0.15) is 9.78 Å². The van der Waals surface area contributed by atoms with E-state index in [1.54, 1.807) is 36.4 Å². The number of nitrogens with zero attached hydrogens (tertiary/aromatic N) is 3. The molecule has 0 fully saturated rings. The standard InChI is InChI=1S/C19H19N5O3.ClH/c1-27-17(25)11-4-13-2-7-16(8-3-13)24-19(26)23(12-22-24)15-9-5-14(6-10-15)18(20)21;/h2-3,5-10,12H,4,11H2,1H3,(H3,20,21);1H. The maximum absolute atomic E-state index is 12.7. The van der Waals surface area contributed by atoms with Crippen LogP contribution in [0.15, 0.2) is 59.7 Å². The molecule has 3 aromatic rings. The van der Waals surface area contributed by atoms with Crippen molar-refractivity contribution < 1.29 is 9.53 Å². The highest BCUT2D eigenvalue weighted by Gasteiger charge is 2.09. The van der Waals surface area contributed by atoms with Gasteiger partial charge < -0.3 is 10.5 Å². The molecule has 8 nitrogen and oxygen atoms in total. The molecule has 0 atom stereocenters. The molecule has 0 saturated carbocycles. The van der Waals surface area contributed by atoms with Crippen LogP contribution in [0.3, 0.4) is 0 Å². The van der Waals surface area contributed by atoms with Crippen LogP contribution in [-0.2, 0) is 16.0 Å². The van der Waals surface area contributed by atoms with Crippen LogP contribution in [0, 0.1) is 5.41 Å². The maximum atomic E-state index is 12.7. The van der Waals surface area contributed by atoms with Crippen molar-refractivity contribution in [3.63, 3.8) is 0 Å². The average Bonchev–Trinajstić information content (AvgIpc) is 3.08. The average molecular weight is 402 g/mol. The first kappa shape index (κ1) is 20.9. The molecule has 0 spiro atoms. The first-order valence-corrected chi connectivity index (χ1v) is 8.27. The number of carbonyl (C=O) groups is 1. The number of aryl methyl sites for hydroxylation is 1. The number of amidine groups is 1. The molecule has 0 aliphatic heterocycles.